The Balaban J connectivity index is 1.86. The van der Waals surface area contributed by atoms with E-state index in [1.165, 1.54) is 6.07 Å². The van der Waals surface area contributed by atoms with Crippen LogP contribution in [0.5, 0.6) is 11.5 Å². The zero-order valence-electron chi connectivity index (χ0n) is 14.0. The van der Waals surface area contributed by atoms with E-state index in [2.05, 4.69) is 25.8 Å². The van der Waals surface area contributed by atoms with Crippen molar-refractivity contribution < 1.29 is 14.6 Å². The topological polar surface area (TPSA) is 62.1 Å². The van der Waals surface area contributed by atoms with Gasteiger partial charge in [0.15, 0.2) is 11.5 Å². The molecule has 1 aromatic rings. The van der Waals surface area contributed by atoms with Gasteiger partial charge >= 0.3 is 0 Å². The summed E-state index contributed by atoms with van der Waals surface area (Å²) in [5.74, 6) is 1.35. The molecule has 2 atom stereocenters. The maximum absolute atomic E-state index is 12.7. The second kappa shape index (κ2) is 6.22. The zero-order chi connectivity index (χ0) is 16.6. The normalized spacial score (nSPS) is 23.0. The fourth-order valence-corrected chi connectivity index (χ4v) is 3.14. The molecule has 124 valence electrons. The van der Waals surface area contributed by atoms with Crippen molar-refractivity contribution in [3.63, 3.8) is 0 Å². The van der Waals surface area contributed by atoms with Crippen molar-refractivity contribution in [2.45, 2.75) is 39.7 Å². The predicted molar refractivity (Wildman–Crippen MR) is 89.8 cm³/mol. The van der Waals surface area contributed by atoms with Gasteiger partial charge in [0.25, 0.3) is 5.91 Å². The molecule has 0 spiro atoms. The van der Waals surface area contributed by atoms with E-state index in [0.29, 0.717) is 35.4 Å². The number of phenols is 1. The molecule has 1 N–H and O–H groups in total. The Labute approximate surface area is 137 Å². The molecular formula is C18H24N2O3. The van der Waals surface area contributed by atoms with Crippen LogP contribution < -0.4 is 4.74 Å². The maximum atomic E-state index is 12.7. The van der Waals surface area contributed by atoms with E-state index < -0.39 is 0 Å². The van der Waals surface area contributed by atoms with Crippen LogP contribution in [0.25, 0.3) is 0 Å². The van der Waals surface area contributed by atoms with Crippen molar-refractivity contribution in [3.05, 3.63) is 17.7 Å². The first kappa shape index (κ1) is 15.8. The number of carbonyl (C=O) groups is 1. The van der Waals surface area contributed by atoms with Gasteiger partial charge in [-0.25, -0.2) is 0 Å². The number of aromatic hydroxyl groups is 1. The van der Waals surface area contributed by atoms with Crippen molar-refractivity contribution in [2.75, 3.05) is 13.2 Å². The first-order valence-electron chi connectivity index (χ1n) is 8.30. The highest BCUT2D eigenvalue weighted by Gasteiger charge is 2.35. The van der Waals surface area contributed by atoms with Gasteiger partial charge in [-0.3, -0.25) is 9.79 Å². The molecule has 0 aromatic heterocycles. The minimum absolute atomic E-state index is 0.00162. The summed E-state index contributed by atoms with van der Waals surface area (Å²) in [5, 5.41) is 10.2. The van der Waals surface area contributed by atoms with Gasteiger partial charge in [0.2, 0.25) is 0 Å². The van der Waals surface area contributed by atoms with Crippen molar-refractivity contribution in [1.82, 2.24) is 4.90 Å². The quantitative estimate of drug-likeness (QED) is 0.926. The summed E-state index contributed by atoms with van der Waals surface area (Å²) in [4.78, 5) is 19.1. The van der Waals surface area contributed by atoms with Crippen LogP contribution in [-0.2, 0) is 0 Å². The number of carbonyl (C=O) groups excluding carboxylic acids is 1. The average Bonchev–Trinajstić information content (AvgIpc) is 2.82. The summed E-state index contributed by atoms with van der Waals surface area (Å²) in [7, 11) is 0. The number of fused-ring (bicyclic) bond motifs is 2. The molecule has 1 amide bonds. The lowest BCUT2D eigenvalue weighted by atomic mass is 10.1. The molecule has 3 rings (SSSR count). The molecule has 2 heterocycles. The van der Waals surface area contributed by atoms with E-state index >= 15 is 0 Å². The second-order valence-electron chi connectivity index (χ2n) is 7.01. The summed E-state index contributed by atoms with van der Waals surface area (Å²) in [5.41, 5.74) is 1.03. The van der Waals surface area contributed by atoms with Gasteiger partial charge in [-0.1, -0.05) is 20.8 Å². The van der Waals surface area contributed by atoms with Crippen LogP contribution in [-0.4, -0.2) is 41.3 Å². The maximum Gasteiger partial charge on any atom is 0.256 e. The van der Waals surface area contributed by atoms with Gasteiger partial charge < -0.3 is 14.7 Å². The van der Waals surface area contributed by atoms with Crippen LogP contribution in [0.15, 0.2) is 17.1 Å². The molecule has 0 saturated carbocycles. The fourth-order valence-electron chi connectivity index (χ4n) is 3.14. The number of amides is 1. The number of hydrogen-bond acceptors (Lipinski definition) is 4. The van der Waals surface area contributed by atoms with E-state index in [9.17, 15) is 9.90 Å². The van der Waals surface area contributed by atoms with E-state index in [0.717, 1.165) is 19.4 Å². The standard InChI is InChI=1S/C18H24N2O3/c1-11(2)4-5-23-17-8-15-14(7-16(17)21)18(22)20-10-12(3)6-13(20)9-19-15/h7-9,11-13,21H,4-6,10H2,1-3H3. The summed E-state index contributed by atoms with van der Waals surface area (Å²) >= 11 is 0. The summed E-state index contributed by atoms with van der Waals surface area (Å²) in [6.45, 7) is 7.66. The molecule has 0 radical (unpaired) electrons. The van der Waals surface area contributed by atoms with Crippen molar-refractivity contribution in [2.24, 2.45) is 16.8 Å². The molecule has 0 aliphatic carbocycles. The van der Waals surface area contributed by atoms with E-state index in [1.807, 2.05) is 11.1 Å². The Morgan fingerprint density at radius 1 is 1.43 bits per heavy atom. The number of ether oxygens (including phenoxy) is 1. The largest absolute Gasteiger partial charge is 0.504 e. The number of nitrogens with zero attached hydrogens (tertiary/aromatic N) is 2. The van der Waals surface area contributed by atoms with E-state index in [1.54, 1.807) is 6.07 Å². The van der Waals surface area contributed by atoms with Gasteiger partial charge in [-0.15, -0.1) is 0 Å². The lowest BCUT2D eigenvalue weighted by Gasteiger charge is -2.20. The molecule has 5 nitrogen and oxygen atoms in total. The molecule has 2 aliphatic heterocycles. The third kappa shape index (κ3) is 3.19. The zero-order valence-corrected chi connectivity index (χ0v) is 14.0. The summed E-state index contributed by atoms with van der Waals surface area (Å²) in [6.07, 6.45) is 3.70. The van der Waals surface area contributed by atoms with Crippen LogP contribution in [0.2, 0.25) is 0 Å². The molecule has 0 bridgehead atoms. The minimum atomic E-state index is -0.0594. The minimum Gasteiger partial charge on any atom is -0.504 e. The lowest BCUT2D eigenvalue weighted by molar-refractivity contribution is 0.0770. The van der Waals surface area contributed by atoms with Crippen LogP contribution in [0, 0.1) is 11.8 Å². The van der Waals surface area contributed by atoms with Crippen LogP contribution >= 0.6 is 0 Å². The van der Waals surface area contributed by atoms with Crippen LogP contribution in [0.3, 0.4) is 0 Å². The van der Waals surface area contributed by atoms with Crippen LogP contribution in [0.4, 0.5) is 5.69 Å². The molecule has 2 aliphatic rings. The van der Waals surface area contributed by atoms with Crippen molar-refractivity contribution >= 4 is 17.8 Å². The highest BCUT2D eigenvalue weighted by Crippen LogP contribution is 2.38. The Kier molecular flexibility index (Phi) is 4.28. The highest BCUT2D eigenvalue weighted by molar-refractivity contribution is 6.03. The molecule has 23 heavy (non-hydrogen) atoms. The SMILES string of the molecule is CC(C)CCOc1cc2c(cc1O)C(=O)N1CC(C)CC1C=N2. The lowest BCUT2D eigenvalue weighted by Crippen LogP contribution is -2.35. The first-order valence-corrected chi connectivity index (χ1v) is 8.30. The molecule has 1 fully saturated rings. The number of phenolic OH excluding ortho intramolecular Hbond substituents is 1. The Hall–Kier alpha value is -2.04. The van der Waals surface area contributed by atoms with Crippen molar-refractivity contribution in [1.29, 1.82) is 0 Å². The molecule has 1 aromatic carbocycles. The number of rotatable bonds is 4. The van der Waals surface area contributed by atoms with Gasteiger partial charge in [-0.05, 0) is 30.7 Å². The van der Waals surface area contributed by atoms with Gasteiger partial charge in [0.05, 0.1) is 23.9 Å². The number of benzene rings is 1. The van der Waals surface area contributed by atoms with Gasteiger partial charge in [0.1, 0.15) is 0 Å². The molecule has 2 unspecified atom stereocenters. The smallest absolute Gasteiger partial charge is 0.256 e. The number of hydrogen-bond donors (Lipinski definition) is 1. The van der Waals surface area contributed by atoms with Crippen LogP contribution in [0.1, 0.15) is 44.0 Å². The predicted octanol–water partition coefficient (Wildman–Crippen LogP) is 3.38. The number of aliphatic imine (C=N–C) groups is 1. The third-order valence-corrected chi connectivity index (χ3v) is 4.46. The van der Waals surface area contributed by atoms with E-state index in [4.69, 9.17) is 4.74 Å². The molecule has 5 heteroatoms. The highest BCUT2D eigenvalue weighted by atomic mass is 16.5. The first-order chi connectivity index (χ1) is 11.0. The van der Waals surface area contributed by atoms with Crippen molar-refractivity contribution in [3.8, 4) is 11.5 Å². The fraction of sp³-hybridized carbons (Fsp3) is 0.556. The van der Waals surface area contributed by atoms with E-state index in [-0.39, 0.29) is 17.7 Å². The summed E-state index contributed by atoms with van der Waals surface area (Å²) in [6, 6.07) is 3.22. The monoisotopic (exact) mass is 316 g/mol. The Morgan fingerprint density at radius 2 is 2.22 bits per heavy atom. The Bertz CT molecular complexity index is 639. The van der Waals surface area contributed by atoms with Gasteiger partial charge in [-0.2, -0.15) is 0 Å². The average molecular weight is 316 g/mol. The van der Waals surface area contributed by atoms with Gasteiger partial charge in [0, 0.05) is 18.8 Å². The summed E-state index contributed by atoms with van der Waals surface area (Å²) < 4.78 is 5.65. The third-order valence-electron chi connectivity index (χ3n) is 4.46. The molecule has 1 saturated heterocycles. The molecular weight excluding hydrogens is 292 g/mol. The second-order valence-corrected chi connectivity index (χ2v) is 7.01. The Morgan fingerprint density at radius 3 is 2.96 bits per heavy atom.